The van der Waals surface area contributed by atoms with Gasteiger partial charge in [0.15, 0.2) is 0 Å². The minimum absolute atomic E-state index is 0.0570. The van der Waals surface area contributed by atoms with Crippen molar-refractivity contribution in [1.29, 1.82) is 0 Å². The van der Waals surface area contributed by atoms with Crippen molar-refractivity contribution in [3.63, 3.8) is 0 Å². The van der Waals surface area contributed by atoms with E-state index in [1.54, 1.807) is 0 Å². The van der Waals surface area contributed by atoms with Gasteiger partial charge in [0.2, 0.25) is 0 Å². The fourth-order valence-corrected chi connectivity index (χ4v) is 6.84. The Kier molecular flexibility index (Phi) is 5.34. The van der Waals surface area contributed by atoms with E-state index in [4.69, 9.17) is 0 Å². The van der Waals surface area contributed by atoms with Gasteiger partial charge in [-0.1, -0.05) is 49.5 Å². The van der Waals surface area contributed by atoms with E-state index in [9.17, 15) is 0 Å². The molecule has 0 saturated carbocycles. The highest BCUT2D eigenvalue weighted by molar-refractivity contribution is 7.39. The Hall–Kier alpha value is -0.129. The van der Waals surface area contributed by atoms with E-state index in [1.165, 1.54) is 36.1 Å². The molecule has 0 aliphatic carbocycles. The second-order valence-corrected chi connectivity index (χ2v) is 14.2. The standard InChI is InChI=1S/C10H15Si3/c1-11-13(2)12-9-8-10-6-4-3-5-7-10/h3-7H,8-9H2,1-2H3. The van der Waals surface area contributed by atoms with Crippen molar-refractivity contribution in [2.75, 3.05) is 0 Å². The molecular formula is C10H15Si3. The molecule has 0 heterocycles. The van der Waals surface area contributed by atoms with Crippen LogP contribution < -0.4 is 0 Å². The Bertz CT molecular complexity index is 223. The van der Waals surface area contributed by atoms with Crippen molar-refractivity contribution in [2.45, 2.75) is 25.6 Å². The summed E-state index contributed by atoms with van der Waals surface area (Å²) in [4.78, 5) is 0. The average molecular weight is 219 g/mol. The Labute approximate surface area is 87.6 Å². The summed E-state index contributed by atoms with van der Waals surface area (Å²) in [5.74, 6) is 0. The summed E-state index contributed by atoms with van der Waals surface area (Å²) < 4.78 is 0. The van der Waals surface area contributed by atoms with Gasteiger partial charge in [0.1, 0.15) is 0 Å². The van der Waals surface area contributed by atoms with Crippen LogP contribution in [0, 0.1) is 0 Å². The number of hydrogen-bond acceptors (Lipinski definition) is 0. The molecule has 0 saturated heterocycles. The SMILES string of the molecule is C[Si][Si](C)[Si]CCc1ccccc1. The molecule has 5 radical (unpaired) electrons. The van der Waals surface area contributed by atoms with Gasteiger partial charge in [0.05, 0.1) is 0 Å². The molecule has 0 nitrogen and oxygen atoms in total. The summed E-state index contributed by atoms with van der Waals surface area (Å²) >= 11 is 0. The predicted molar refractivity (Wildman–Crippen MR) is 63.9 cm³/mol. The molecule has 0 aromatic heterocycles. The largest absolute Gasteiger partial charge is 0.0759 e. The van der Waals surface area contributed by atoms with Crippen molar-refractivity contribution in [3.05, 3.63) is 35.9 Å². The summed E-state index contributed by atoms with van der Waals surface area (Å²) in [6.45, 7) is 4.82. The van der Waals surface area contributed by atoms with E-state index in [-0.39, 0.29) is 7.83 Å². The molecule has 13 heavy (non-hydrogen) atoms. The van der Waals surface area contributed by atoms with Crippen LogP contribution in [0.25, 0.3) is 0 Å². The molecule has 0 atom stereocenters. The van der Waals surface area contributed by atoms with Crippen LogP contribution in [-0.2, 0) is 6.42 Å². The number of aryl methyl sites for hydroxylation is 1. The molecule has 0 unspecified atom stereocenters. The molecule has 0 bridgehead atoms. The van der Waals surface area contributed by atoms with Crippen molar-refractivity contribution in [3.8, 4) is 0 Å². The van der Waals surface area contributed by atoms with Gasteiger partial charge < -0.3 is 0 Å². The molecule has 1 aromatic carbocycles. The quantitative estimate of drug-likeness (QED) is 0.666. The van der Waals surface area contributed by atoms with Gasteiger partial charge in [-0.3, -0.25) is 0 Å². The van der Waals surface area contributed by atoms with Crippen LogP contribution >= 0.6 is 0 Å². The first-order valence-electron chi connectivity index (χ1n) is 4.62. The summed E-state index contributed by atoms with van der Waals surface area (Å²) in [7, 11) is 2.52. The zero-order valence-corrected chi connectivity index (χ0v) is 11.3. The third kappa shape index (κ3) is 4.59. The lowest BCUT2D eigenvalue weighted by Crippen LogP contribution is -2.24. The Morgan fingerprint density at radius 1 is 1.23 bits per heavy atom. The molecule has 0 N–H and O–H groups in total. The fraction of sp³-hybridized carbons (Fsp3) is 0.400. The van der Waals surface area contributed by atoms with E-state index < -0.39 is 0 Å². The summed E-state index contributed by atoms with van der Waals surface area (Å²) in [6.07, 6.45) is 1.28. The first kappa shape index (κ1) is 10.9. The van der Waals surface area contributed by atoms with Crippen LogP contribution in [0.2, 0.25) is 19.1 Å². The van der Waals surface area contributed by atoms with Gasteiger partial charge in [-0.25, -0.2) is 0 Å². The molecule has 0 fully saturated rings. The highest BCUT2D eigenvalue weighted by Gasteiger charge is 2.01. The molecule has 0 aliphatic rings. The fourth-order valence-electron chi connectivity index (χ4n) is 1.13. The molecule has 3 heteroatoms. The van der Waals surface area contributed by atoms with E-state index in [0.717, 1.165) is 0 Å². The van der Waals surface area contributed by atoms with Gasteiger partial charge in [-0.15, -0.1) is 0 Å². The first-order valence-corrected chi connectivity index (χ1v) is 11.3. The molecule has 0 spiro atoms. The lowest BCUT2D eigenvalue weighted by atomic mass is 10.2. The normalized spacial score (nSPS) is 10.7. The highest BCUT2D eigenvalue weighted by atomic mass is 29.6. The number of rotatable bonds is 5. The third-order valence-electron chi connectivity index (χ3n) is 2.02. The summed E-state index contributed by atoms with van der Waals surface area (Å²) in [5.41, 5.74) is 1.50. The Morgan fingerprint density at radius 2 is 1.92 bits per heavy atom. The second-order valence-electron chi connectivity index (χ2n) is 3.04. The van der Waals surface area contributed by atoms with Crippen molar-refractivity contribution < 1.29 is 0 Å². The number of hydrogen-bond donors (Lipinski definition) is 0. The van der Waals surface area contributed by atoms with E-state index >= 15 is 0 Å². The van der Waals surface area contributed by atoms with E-state index in [2.05, 4.69) is 43.4 Å². The minimum atomic E-state index is 0.0570. The van der Waals surface area contributed by atoms with Gasteiger partial charge in [-0.05, 0) is 12.0 Å². The van der Waals surface area contributed by atoms with Gasteiger partial charge in [-0.2, -0.15) is 0 Å². The van der Waals surface area contributed by atoms with Crippen LogP contribution in [-0.4, -0.2) is 25.9 Å². The summed E-state index contributed by atoms with van der Waals surface area (Å²) in [5, 5.41) is 0. The maximum atomic E-state index is 2.46. The number of benzene rings is 1. The van der Waals surface area contributed by atoms with Crippen LogP contribution in [0.3, 0.4) is 0 Å². The first-order chi connectivity index (χ1) is 6.33. The lowest BCUT2D eigenvalue weighted by molar-refractivity contribution is 1.13. The maximum Gasteiger partial charge on any atom is 0.0222 e. The molecule has 0 aliphatic heterocycles. The monoisotopic (exact) mass is 219 g/mol. The Morgan fingerprint density at radius 3 is 2.54 bits per heavy atom. The smallest absolute Gasteiger partial charge is 0.0222 e. The molecule has 0 amide bonds. The molecule has 67 valence electrons. The molecule has 1 aromatic rings. The van der Waals surface area contributed by atoms with Crippen molar-refractivity contribution in [1.82, 2.24) is 0 Å². The lowest BCUT2D eigenvalue weighted by Gasteiger charge is -2.04. The van der Waals surface area contributed by atoms with Crippen molar-refractivity contribution >= 4 is 25.9 Å². The predicted octanol–water partition coefficient (Wildman–Crippen LogP) is 2.22. The zero-order valence-electron chi connectivity index (χ0n) is 8.30. The average Bonchev–Trinajstić information content (AvgIpc) is 2.19. The third-order valence-corrected chi connectivity index (χ3v) is 12.2. The second kappa shape index (κ2) is 6.34. The maximum absolute atomic E-state index is 2.46. The van der Waals surface area contributed by atoms with Gasteiger partial charge in [0, 0.05) is 25.9 Å². The van der Waals surface area contributed by atoms with Crippen LogP contribution in [0.4, 0.5) is 0 Å². The van der Waals surface area contributed by atoms with Crippen molar-refractivity contribution in [2.24, 2.45) is 0 Å². The highest BCUT2D eigenvalue weighted by Crippen LogP contribution is 2.02. The summed E-state index contributed by atoms with van der Waals surface area (Å²) in [6, 6.07) is 12.3. The Balaban J connectivity index is 2.20. The van der Waals surface area contributed by atoms with E-state index in [1.807, 2.05) is 0 Å². The van der Waals surface area contributed by atoms with Crippen LogP contribution in [0.5, 0.6) is 0 Å². The van der Waals surface area contributed by atoms with Crippen LogP contribution in [0.1, 0.15) is 5.56 Å². The minimum Gasteiger partial charge on any atom is -0.0759 e. The van der Waals surface area contributed by atoms with Gasteiger partial charge in [0.25, 0.3) is 0 Å². The van der Waals surface area contributed by atoms with E-state index in [0.29, 0.717) is 0 Å². The van der Waals surface area contributed by atoms with Crippen LogP contribution in [0.15, 0.2) is 30.3 Å². The molecule has 1 rings (SSSR count). The zero-order chi connectivity index (χ0) is 9.52. The topological polar surface area (TPSA) is 0 Å². The molecular weight excluding hydrogens is 204 g/mol. The van der Waals surface area contributed by atoms with Gasteiger partial charge >= 0.3 is 0 Å².